The van der Waals surface area contributed by atoms with Gasteiger partial charge < -0.3 is 20.3 Å². The van der Waals surface area contributed by atoms with Crippen LogP contribution in [-0.2, 0) is 20.9 Å². The number of nitrogens with one attached hydrogen (secondary N) is 2. The third-order valence-corrected chi connectivity index (χ3v) is 6.15. The maximum absolute atomic E-state index is 13.9. The summed E-state index contributed by atoms with van der Waals surface area (Å²) in [5, 5.41) is 5.67. The number of likely N-dealkylation sites (N-methyl/N-ethyl adjacent to an activating group) is 1. The molecule has 0 bridgehead atoms. The van der Waals surface area contributed by atoms with Gasteiger partial charge in [0.15, 0.2) is 0 Å². The summed E-state index contributed by atoms with van der Waals surface area (Å²) in [6.07, 6.45) is 7.38. The van der Waals surface area contributed by atoms with Crippen LogP contribution in [0.4, 0.5) is 4.79 Å². The predicted octanol–water partition coefficient (Wildman–Crippen LogP) is 4.52. The Morgan fingerprint density at radius 3 is 2.32 bits per heavy atom. The molecule has 0 saturated carbocycles. The van der Waals surface area contributed by atoms with E-state index in [2.05, 4.69) is 16.6 Å². The lowest BCUT2D eigenvalue weighted by molar-refractivity contribution is -0.142. The Hall–Kier alpha value is -3.44. The number of carbonyl (C=O) groups is 3. The number of benzene rings is 2. The third-order valence-electron chi connectivity index (χ3n) is 5.50. The molecule has 198 valence electrons. The largest absolute Gasteiger partial charge is 0.444 e. The normalized spacial score (nSPS) is 12.5. The van der Waals surface area contributed by atoms with Crippen molar-refractivity contribution < 1.29 is 19.1 Å². The van der Waals surface area contributed by atoms with Crippen molar-refractivity contribution in [2.45, 2.75) is 58.3 Å². The number of nitrogens with zero attached hydrogens (tertiary/aromatic N) is 1. The lowest BCUT2D eigenvalue weighted by Crippen LogP contribution is -2.53. The highest BCUT2D eigenvalue weighted by Gasteiger charge is 2.36. The molecule has 2 aromatic rings. The first-order valence-electron chi connectivity index (χ1n) is 12.3. The lowest BCUT2D eigenvalue weighted by Gasteiger charge is -2.34. The zero-order chi connectivity index (χ0) is 27.4. The van der Waals surface area contributed by atoms with Crippen LogP contribution in [0, 0.1) is 12.3 Å². The van der Waals surface area contributed by atoms with Crippen LogP contribution < -0.4 is 10.6 Å². The topological polar surface area (TPSA) is 87.7 Å². The number of terminal acetylenes is 1. The third kappa shape index (κ3) is 9.18. The van der Waals surface area contributed by atoms with Crippen molar-refractivity contribution in [2.24, 2.45) is 0 Å². The highest BCUT2D eigenvalue weighted by molar-refractivity contribution is 7.98. The number of rotatable bonds is 11. The van der Waals surface area contributed by atoms with Gasteiger partial charge >= 0.3 is 6.09 Å². The van der Waals surface area contributed by atoms with Crippen LogP contribution in [0.5, 0.6) is 0 Å². The zero-order valence-corrected chi connectivity index (χ0v) is 23.1. The smallest absolute Gasteiger partial charge is 0.408 e. The van der Waals surface area contributed by atoms with Gasteiger partial charge in [-0.1, -0.05) is 54.5 Å². The number of carbonyl (C=O) groups excluding carboxylic acids is 3. The second-order valence-corrected chi connectivity index (χ2v) is 10.4. The van der Waals surface area contributed by atoms with E-state index >= 15 is 0 Å². The first kappa shape index (κ1) is 29.8. The summed E-state index contributed by atoms with van der Waals surface area (Å²) in [7, 11) is 0. The molecule has 0 spiro atoms. The summed E-state index contributed by atoms with van der Waals surface area (Å²) < 4.78 is 5.39. The molecule has 3 amide bonds. The van der Waals surface area contributed by atoms with Crippen LogP contribution >= 0.6 is 11.8 Å². The molecule has 7 nitrogen and oxygen atoms in total. The number of amides is 3. The molecule has 0 aliphatic carbocycles. The molecule has 37 heavy (non-hydrogen) atoms. The zero-order valence-electron chi connectivity index (χ0n) is 22.2. The summed E-state index contributed by atoms with van der Waals surface area (Å²) in [5.74, 6) is 2.53. The van der Waals surface area contributed by atoms with Crippen molar-refractivity contribution >= 4 is 29.7 Å². The van der Waals surface area contributed by atoms with Gasteiger partial charge in [-0.3, -0.25) is 9.59 Å². The van der Waals surface area contributed by atoms with E-state index in [0.717, 1.165) is 5.56 Å². The molecule has 0 saturated heterocycles. The Morgan fingerprint density at radius 2 is 1.73 bits per heavy atom. The Labute approximate surface area is 224 Å². The maximum atomic E-state index is 13.9. The monoisotopic (exact) mass is 523 g/mol. The Balaban J connectivity index is 2.42. The van der Waals surface area contributed by atoms with Crippen molar-refractivity contribution in [1.29, 1.82) is 0 Å². The average molecular weight is 524 g/mol. The SMILES string of the molecule is C#Cc1ccccc1C(C(=O)NCc1ccccc1)N(CC)C(=O)C(CCSC)NC(=O)OC(C)(C)C. The van der Waals surface area contributed by atoms with Crippen LogP contribution in [0.3, 0.4) is 0 Å². The van der Waals surface area contributed by atoms with E-state index < -0.39 is 23.8 Å². The summed E-state index contributed by atoms with van der Waals surface area (Å²) >= 11 is 1.56. The first-order valence-corrected chi connectivity index (χ1v) is 13.7. The highest BCUT2D eigenvalue weighted by atomic mass is 32.2. The van der Waals surface area contributed by atoms with Crippen molar-refractivity contribution in [3.63, 3.8) is 0 Å². The molecule has 0 aliphatic rings. The molecule has 2 atom stereocenters. The average Bonchev–Trinajstić information content (AvgIpc) is 2.87. The van der Waals surface area contributed by atoms with Gasteiger partial charge in [-0.25, -0.2) is 4.79 Å². The van der Waals surface area contributed by atoms with E-state index in [1.54, 1.807) is 63.7 Å². The predicted molar refractivity (Wildman–Crippen MR) is 149 cm³/mol. The fourth-order valence-corrected chi connectivity index (χ4v) is 4.28. The summed E-state index contributed by atoms with van der Waals surface area (Å²) in [6, 6.07) is 14.8. The number of hydrogen-bond donors (Lipinski definition) is 2. The molecule has 2 N–H and O–H groups in total. The minimum atomic E-state index is -0.981. The summed E-state index contributed by atoms with van der Waals surface area (Å²) in [4.78, 5) is 41.6. The van der Waals surface area contributed by atoms with Crippen molar-refractivity contribution in [3.8, 4) is 12.3 Å². The molecule has 0 aliphatic heterocycles. The first-order chi connectivity index (χ1) is 17.6. The molecule has 2 aromatic carbocycles. The molecule has 0 fully saturated rings. The number of alkyl carbamates (subject to hydrolysis) is 1. The molecule has 0 heterocycles. The van der Waals surface area contributed by atoms with Gasteiger partial charge in [-0.05, 0) is 63.3 Å². The van der Waals surface area contributed by atoms with Crippen LogP contribution in [0.15, 0.2) is 54.6 Å². The van der Waals surface area contributed by atoms with Crippen LogP contribution in [0.25, 0.3) is 0 Å². The molecule has 0 radical (unpaired) electrons. The quantitative estimate of drug-likeness (QED) is 0.423. The second-order valence-electron chi connectivity index (χ2n) is 9.44. The van der Waals surface area contributed by atoms with Gasteiger partial charge in [0.05, 0.1) is 0 Å². The van der Waals surface area contributed by atoms with Gasteiger partial charge in [-0.15, -0.1) is 6.42 Å². The number of hydrogen-bond acceptors (Lipinski definition) is 5. The number of ether oxygens (including phenoxy) is 1. The van der Waals surface area contributed by atoms with Crippen molar-refractivity contribution in [1.82, 2.24) is 15.5 Å². The van der Waals surface area contributed by atoms with E-state index in [1.165, 1.54) is 4.90 Å². The molecular weight excluding hydrogens is 486 g/mol. The fourth-order valence-electron chi connectivity index (χ4n) is 3.81. The molecular formula is C29H37N3O4S. The van der Waals surface area contributed by atoms with Crippen LogP contribution in [-0.4, -0.2) is 53.0 Å². The molecule has 2 rings (SSSR count). The van der Waals surface area contributed by atoms with Gasteiger partial charge in [0.25, 0.3) is 0 Å². The number of thioether (sulfide) groups is 1. The standard InChI is InChI=1S/C29H37N3O4S/c1-7-22-16-12-13-17-23(22)25(26(33)30-20-21-14-10-9-11-15-21)32(8-2)27(34)24(18-19-37-6)31-28(35)36-29(3,4)5/h1,9-17,24-25H,8,18-20H2,2-6H3,(H,30,33)(H,31,35). The summed E-state index contributed by atoms with van der Waals surface area (Å²) in [6.45, 7) is 7.60. The van der Waals surface area contributed by atoms with E-state index in [9.17, 15) is 14.4 Å². The lowest BCUT2D eigenvalue weighted by atomic mass is 9.97. The van der Waals surface area contributed by atoms with Gasteiger partial charge in [0, 0.05) is 18.7 Å². The van der Waals surface area contributed by atoms with Crippen LogP contribution in [0.2, 0.25) is 0 Å². The minimum absolute atomic E-state index is 0.229. The Bertz CT molecular complexity index is 1090. The minimum Gasteiger partial charge on any atom is -0.444 e. The summed E-state index contributed by atoms with van der Waals surface area (Å²) in [5.41, 5.74) is 1.28. The van der Waals surface area contributed by atoms with Crippen molar-refractivity contribution in [3.05, 3.63) is 71.3 Å². The Kier molecular flexibility index (Phi) is 11.5. The van der Waals surface area contributed by atoms with E-state index in [1.807, 2.05) is 36.6 Å². The van der Waals surface area contributed by atoms with Gasteiger partial charge in [0.1, 0.15) is 17.7 Å². The van der Waals surface area contributed by atoms with E-state index in [-0.39, 0.29) is 18.4 Å². The van der Waals surface area contributed by atoms with Gasteiger partial charge in [-0.2, -0.15) is 11.8 Å². The fraction of sp³-hybridized carbons (Fsp3) is 0.414. The van der Waals surface area contributed by atoms with E-state index in [4.69, 9.17) is 11.2 Å². The van der Waals surface area contributed by atoms with E-state index in [0.29, 0.717) is 29.8 Å². The Morgan fingerprint density at radius 1 is 1.08 bits per heavy atom. The maximum Gasteiger partial charge on any atom is 0.408 e. The van der Waals surface area contributed by atoms with Gasteiger partial charge in [0.2, 0.25) is 11.8 Å². The second kappa shape index (κ2) is 14.3. The molecule has 8 heteroatoms. The molecule has 0 aromatic heterocycles. The highest BCUT2D eigenvalue weighted by Crippen LogP contribution is 2.26. The van der Waals surface area contributed by atoms with Crippen LogP contribution in [0.1, 0.15) is 56.8 Å². The molecule has 2 unspecified atom stereocenters. The van der Waals surface area contributed by atoms with Crippen molar-refractivity contribution in [2.75, 3.05) is 18.6 Å².